The third-order valence-corrected chi connectivity index (χ3v) is 1.10. The van der Waals surface area contributed by atoms with Gasteiger partial charge in [-0.15, -0.1) is 0 Å². The first-order valence-corrected chi connectivity index (χ1v) is 2.99. The van der Waals surface area contributed by atoms with Crippen molar-refractivity contribution in [2.75, 3.05) is 0 Å². The Morgan fingerprint density at radius 2 is 1.42 bits per heavy atom. The van der Waals surface area contributed by atoms with Gasteiger partial charge < -0.3 is 0 Å². The van der Waals surface area contributed by atoms with Gasteiger partial charge in [-0.25, -0.2) is 5.26 Å². The second-order valence-corrected chi connectivity index (χ2v) is 1.86. The first-order chi connectivity index (χ1) is 5.61. The quantitative estimate of drug-likeness (QED) is 0.591. The minimum absolute atomic E-state index is 0.602. The van der Waals surface area contributed by atoms with Gasteiger partial charge in [-0.3, -0.25) is 0 Å². The maximum absolute atomic E-state index is 11.8. The zero-order chi connectivity index (χ0) is 9.61. The summed E-state index contributed by atoms with van der Waals surface area (Å²) in [6, 6.07) is 6.36. The molecule has 0 saturated carbocycles. The predicted octanol–water partition coefficient (Wildman–Crippen LogP) is 2.85. The zero-order valence-corrected chi connectivity index (χ0v) is 6.05. The summed E-state index contributed by atoms with van der Waals surface area (Å²) in [5.41, 5.74) is -0.602. The van der Waals surface area contributed by atoms with E-state index < -0.39 is 11.7 Å². The highest BCUT2D eigenvalue weighted by atomic mass is 19.4. The van der Waals surface area contributed by atoms with Gasteiger partial charge in [0.25, 0.3) is 0 Å². The van der Waals surface area contributed by atoms with Crippen LogP contribution in [0.25, 0.3) is 0 Å². The van der Waals surface area contributed by atoms with Gasteiger partial charge in [-0.1, -0.05) is 30.3 Å². The number of alkyl halides is 3. The van der Waals surface area contributed by atoms with E-state index in [9.17, 15) is 13.2 Å². The van der Waals surface area contributed by atoms with Crippen LogP contribution < -0.4 is 0 Å². The molecule has 0 bridgehead atoms. The lowest BCUT2D eigenvalue weighted by molar-refractivity contribution is -0.137. The average Bonchev–Trinajstić information content (AvgIpc) is 2.08. The number of nitriles is 1. The molecular formula is C8H6F3N. The van der Waals surface area contributed by atoms with Crippen molar-refractivity contribution >= 4 is 0 Å². The van der Waals surface area contributed by atoms with E-state index in [1.54, 1.807) is 6.07 Å². The fourth-order valence-corrected chi connectivity index (χ4v) is 0.627. The van der Waals surface area contributed by atoms with Crippen LogP contribution in [-0.2, 0) is 6.18 Å². The number of hydrogen-bond acceptors (Lipinski definition) is 1. The summed E-state index contributed by atoms with van der Waals surface area (Å²) in [6.07, 6.45) is -4.21. The second-order valence-electron chi connectivity index (χ2n) is 1.86. The molecule has 64 valence electrons. The molecule has 0 amide bonds. The van der Waals surface area contributed by atoms with Crippen LogP contribution in [0.4, 0.5) is 13.2 Å². The standard InChI is InChI=1S/C7H5F3.CHN/c8-7(9,10)6-4-2-1-3-5-6;1-2/h1-5H;1H. The van der Waals surface area contributed by atoms with E-state index in [1.165, 1.54) is 12.1 Å². The van der Waals surface area contributed by atoms with Crippen molar-refractivity contribution in [3.63, 3.8) is 0 Å². The van der Waals surface area contributed by atoms with E-state index >= 15 is 0 Å². The smallest absolute Gasteiger partial charge is 0.202 e. The van der Waals surface area contributed by atoms with Gasteiger partial charge in [0.05, 0.1) is 5.56 Å². The molecule has 0 saturated heterocycles. The van der Waals surface area contributed by atoms with Crippen LogP contribution in [0, 0.1) is 11.8 Å². The monoisotopic (exact) mass is 173 g/mol. The summed E-state index contributed by atoms with van der Waals surface area (Å²) in [5, 5.41) is 6.50. The lowest BCUT2D eigenvalue weighted by Crippen LogP contribution is -2.03. The van der Waals surface area contributed by atoms with Gasteiger partial charge in [-0.05, 0) is 0 Å². The van der Waals surface area contributed by atoms with Gasteiger partial charge in [0.2, 0.25) is 0 Å². The largest absolute Gasteiger partial charge is 0.416 e. The first-order valence-electron chi connectivity index (χ1n) is 2.99. The average molecular weight is 173 g/mol. The van der Waals surface area contributed by atoms with Crippen molar-refractivity contribution < 1.29 is 13.2 Å². The lowest BCUT2D eigenvalue weighted by Gasteiger charge is -2.03. The molecule has 0 aromatic heterocycles. The molecule has 0 aliphatic heterocycles. The minimum atomic E-state index is -4.21. The summed E-state index contributed by atoms with van der Waals surface area (Å²) >= 11 is 0. The predicted molar refractivity (Wildman–Crippen MR) is 38.1 cm³/mol. The molecule has 1 aromatic rings. The maximum atomic E-state index is 11.8. The van der Waals surface area contributed by atoms with Gasteiger partial charge in [-0.2, -0.15) is 13.2 Å². The van der Waals surface area contributed by atoms with E-state index in [-0.39, 0.29) is 0 Å². The number of nitrogens with zero attached hydrogens (tertiary/aromatic N) is 1. The third kappa shape index (κ3) is 3.06. The number of rotatable bonds is 0. The van der Waals surface area contributed by atoms with Crippen molar-refractivity contribution in [2.45, 2.75) is 6.18 Å². The Morgan fingerprint density at radius 1 is 1.00 bits per heavy atom. The van der Waals surface area contributed by atoms with Crippen LogP contribution in [0.15, 0.2) is 30.3 Å². The van der Waals surface area contributed by atoms with E-state index in [0.29, 0.717) is 0 Å². The molecule has 0 unspecified atom stereocenters. The van der Waals surface area contributed by atoms with Crippen molar-refractivity contribution in [3.05, 3.63) is 35.9 Å². The molecule has 1 aromatic carbocycles. The van der Waals surface area contributed by atoms with Crippen LogP contribution in [-0.4, -0.2) is 0 Å². The lowest BCUT2D eigenvalue weighted by atomic mass is 10.2. The Balaban J connectivity index is 0.000000561. The normalized spacial score (nSPS) is 9.75. The Kier molecular flexibility index (Phi) is 3.84. The Bertz CT molecular complexity index is 237. The number of benzene rings is 1. The van der Waals surface area contributed by atoms with Crippen molar-refractivity contribution in [1.29, 1.82) is 5.26 Å². The zero-order valence-electron chi connectivity index (χ0n) is 6.05. The van der Waals surface area contributed by atoms with Gasteiger partial charge >= 0.3 is 6.18 Å². The molecular weight excluding hydrogens is 167 g/mol. The molecule has 4 heteroatoms. The van der Waals surface area contributed by atoms with Crippen LogP contribution >= 0.6 is 0 Å². The molecule has 0 aliphatic rings. The van der Waals surface area contributed by atoms with Crippen molar-refractivity contribution in [1.82, 2.24) is 0 Å². The fraction of sp³-hybridized carbons (Fsp3) is 0.125. The number of hydrogen-bond donors (Lipinski definition) is 0. The summed E-state index contributed by atoms with van der Waals surface area (Å²) in [6.45, 7) is 3.50. The topological polar surface area (TPSA) is 23.8 Å². The highest BCUT2D eigenvalue weighted by Crippen LogP contribution is 2.28. The first kappa shape index (κ1) is 10.5. The maximum Gasteiger partial charge on any atom is 0.416 e. The molecule has 1 rings (SSSR count). The van der Waals surface area contributed by atoms with Crippen LogP contribution in [0.2, 0.25) is 0 Å². The molecule has 1 nitrogen and oxygen atoms in total. The van der Waals surface area contributed by atoms with Crippen LogP contribution in [0.3, 0.4) is 0 Å². The van der Waals surface area contributed by atoms with E-state index in [0.717, 1.165) is 12.1 Å². The van der Waals surface area contributed by atoms with E-state index in [4.69, 9.17) is 5.26 Å². The molecule has 12 heavy (non-hydrogen) atoms. The van der Waals surface area contributed by atoms with Gasteiger partial charge in [0.1, 0.15) is 0 Å². The molecule has 0 aliphatic carbocycles. The molecule has 0 atom stereocenters. The van der Waals surface area contributed by atoms with Gasteiger partial charge in [0, 0.05) is 6.57 Å². The highest BCUT2D eigenvalue weighted by molar-refractivity contribution is 5.17. The van der Waals surface area contributed by atoms with Crippen molar-refractivity contribution in [3.8, 4) is 6.57 Å². The third-order valence-electron chi connectivity index (χ3n) is 1.10. The molecule has 0 fully saturated rings. The Hall–Kier alpha value is -1.50. The molecule has 0 spiro atoms. The Labute approximate surface area is 68.1 Å². The fourth-order valence-electron chi connectivity index (χ4n) is 0.627. The van der Waals surface area contributed by atoms with Crippen LogP contribution in [0.5, 0.6) is 0 Å². The molecule has 0 heterocycles. The number of halogens is 3. The molecule has 0 N–H and O–H groups in total. The second kappa shape index (κ2) is 4.39. The van der Waals surface area contributed by atoms with Crippen LogP contribution in [0.1, 0.15) is 5.56 Å². The Morgan fingerprint density at radius 3 is 1.67 bits per heavy atom. The summed E-state index contributed by atoms with van der Waals surface area (Å²) in [5.74, 6) is 0. The van der Waals surface area contributed by atoms with Crippen molar-refractivity contribution in [2.24, 2.45) is 0 Å². The SMILES string of the molecule is C#N.FC(F)(F)c1ccccc1. The summed E-state index contributed by atoms with van der Waals surface area (Å²) < 4.78 is 35.4. The summed E-state index contributed by atoms with van der Waals surface area (Å²) in [4.78, 5) is 0. The van der Waals surface area contributed by atoms with E-state index in [1.807, 2.05) is 0 Å². The van der Waals surface area contributed by atoms with E-state index in [2.05, 4.69) is 6.57 Å². The molecule has 0 radical (unpaired) electrons. The highest BCUT2D eigenvalue weighted by Gasteiger charge is 2.29. The van der Waals surface area contributed by atoms with Gasteiger partial charge in [0.15, 0.2) is 0 Å². The summed E-state index contributed by atoms with van der Waals surface area (Å²) in [7, 11) is 0. The minimum Gasteiger partial charge on any atom is -0.202 e.